The zero-order chi connectivity index (χ0) is 8.55. The molecule has 12 heavy (non-hydrogen) atoms. The molecule has 0 amide bonds. The Bertz CT molecular complexity index is 142. The van der Waals surface area contributed by atoms with E-state index in [-0.39, 0.29) is 0 Å². The van der Waals surface area contributed by atoms with E-state index in [4.69, 9.17) is 9.47 Å². The first-order chi connectivity index (χ1) is 5.77. The van der Waals surface area contributed by atoms with Gasteiger partial charge in [0.15, 0.2) is 0 Å². The van der Waals surface area contributed by atoms with Crippen LogP contribution in [0.5, 0.6) is 0 Å². The lowest BCUT2D eigenvalue weighted by molar-refractivity contribution is -0.124. The highest BCUT2D eigenvalue weighted by atomic mass is 16.6. The lowest BCUT2D eigenvalue weighted by Crippen LogP contribution is -2.33. The topological polar surface area (TPSA) is 18.5 Å². The average Bonchev–Trinajstić information content (AvgIpc) is 2.46. The summed E-state index contributed by atoms with van der Waals surface area (Å²) in [5.41, 5.74) is 0. The van der Waals surface area contributed by atoms with E-state index in [1.54, 1.807) is 0 Å². The zero-order valence-corrected chi connectivity index (χ0v) is 7.95. The molecule has 2 aliphatic rings. The number of fused-ring (bicyclic) bond motifs is 1. The van der Waals surface area contributed by atoms with E-state index in [9.17, 15) is 0 Å². The Morgan fingerprint density at radius 1 is 1.00 bits per heavy atom. The Hall–Kier alpha value is -0.0800. The van der Waals surface area contributed by atoms with Crippen LogP contribution in [0.2, 0.25) is 0 Å². The summed E-state index contributed by atoms with van der Waals surface area (Å²) >= 11 is 0. The highest BCUT2D eigenvalue weighted by Crippen LogP contribution is 2.36. The fourth-order valence-electron chi connectivity index (χ4n) is 2.29. The highest BCUT2D eigenvalue weighted by molar-refractivity contribution is 4.88. The summed E-state index contributed by atoms with van der Waals surface area (Å²) in [6.45, 7) is 6.18. The molecule has 0 aromatic heterocycles. The van der Waals surface area contributed by atoms with Crippen molar-refractivity contribution in [2.24, 2.45) is 11.8 Å². The van der Waals surface area contributed by atoms with Crippen LogP contribution >= 0.6 is 0 Å². The Balaban J connectivity index is 1.94. The van der Waals surface area contributed by atoms with Crippen molar-refractivity contribution in [3.05, 3.63) is 0 Å². The van der Waals surface area contributed by atoms with E-state index in [0.717, 1.165) is 25.0 Å². The van der Waals surface area contributed by atoms with Gasteiger partial charge in [-0.05, 0) is 24.7 Å². The average molecular weight is 170 g/mol. The number of ether oxygens (including phenoxy) is 2. The maximum Gasteiger partial charge on any atom is 0.0840 e. The van der Waals surface area contributed by atoms with Crippen molar-refractivity contribution >= 4 is 0 Å². The summed E-state index contributed by atoms with van der Waals surface area (Å²) in [5.74, 6) is 1.60. The Kier molecular flexibility index (Phi) is 2.37. The zero-order valence-electron chi connectivity index (χ0n) is 7.95. The van der Waals surface area contributed by atoms with Gasteiger partial charge in [-0.15, -0.1) is 0 Å². The first-order valence-corrected chi connectivity index (χ1v) is 5.00. The van der Waals surface area contributed by atoms with Gasteiger partial charge < -0.3 is 9.47 Å². The maximum absolute atomic E-state index is 5.66. The molecule has 0 radical (unpaired) electrons. The second-order valence-electron chi connectivity index (χ2n) is 4.29. The Morgan fingerprint density at radius 3 is 1.92 bits per heavy atom. The molecule has 2 rings (SSSR count). The number of rotatable bonds is 1. The quantitative estimate of drug-likeness (QED) is 0.598. The minimum Gasteiger partial charge on any atom is -0.373 e. The standard InChI is InChI=1S/C10H18O2/c1-7(2)8-5-9-10(6-8)12-4-3-11-9/h7-10H,3-6H2,1-2H3. The first kappa shape index (κ1) is 8.52. The molecular weight excluding hydrogens is 152 g/mol. The monoisotopic (exact) mass is 170 g/mol. The third-order valence-electron chi connectivity index (χ3n) is 3.17. The van der Waals surface area contributed by atoms with E-state index in [2.05, 4.69) is 13.8 Å². The van der Waals surface area contributed by atoms with Crippen molar-refractivity contribution in [1.29, 1.82) is 0 Å². The van der Waals surface area contributed by atoms with Crippen LogP contribution in [-0.4, -0.2) is 25.4 Å². The van der Waals surface area contributed by atoms with Crippen LogP contribution in [0.15, 0.2) is 0 Å². The van der Waals surface area contributed by atoms with Gasteiger partial charge in [0.1, 0.15) is 0 Å². The van der Waals surface area contributed by atoms with Crippen LogP contribution in [0.1, 0.15) is 26.7 Å². The van der Waals surface area contributed by atoms with Gasteiger partial charge in [0.05, 0.1) is 25.4 Å². The van der Waals surface area contributed by atoms with E-state index >= 15 is 0 Å². The molecule has 0 N–H and O–H groups in total. The summed E-state index contributed by atoms with van der Waals surface area (Å²) in [7, 11) is 0. The van der Waals surface area contributed by atoms with Gasteiger partial charge in [0, 0.05) is 0 Å². The minimum absolute atomic E-state index is 0.408. The molecule has 0 aromatic rings. The fraction of sp³-hybridized carbons (Fsp3) is 1.00. The third kappa shape index (κ3) is 1.50. The predicted octanol–water partition coefficient (Wildman–Crippen LogP) is 1.84. The SMILES string of the molecule is CC(C)C1CC2OCCOC2C1. The van der Waals surface area contributed by atoms with Gasteiger partial charge in [-0.1, -0.05) is 13.8 Å². The number of hydrogen-bond donors (Lipinski definition) is 0. The summed E-state index contributed by atoms with van der Waals surface area (Å²) < 4.78 is 11.3. The summed E-state index contributed by atoms with van der Waals surface area (Å²) in [4.78, 5) is 0. The van der Waals surface area contributed by atoms with E-state index in [1.807, 2.05) is 0 Å². The van der Waals surface area contributed by atoms with Gasteiger partial charge in [0.2, 0.25) is 0 Å². The molecule has 0 aromatic carbocycles. The second-order valence-corrected chi connectivity index (χ2v) is 4.29. The molecule has 0 bridgehead atoms. The first-order valence-electron chi connectivity index (χ1n) is 5.00. The van der Waals surface area contributed by atoms with Crippen molar-refractivity contribution in [2.75, 3.05) is 13.2 Å². The van der Waals surface area contributed by atoms with E-state index in [1.165, 1.54) is 12.8 Å². The molecule has 2 atom stereocenters. The lowest BCUT2D eigenvalue weighted by atomic mass is 9.94. The maximum atomic E-state index is 5.66. The van der Waals surface area contributed by atoms with Crippen molar-refractivity contribution in [3.8, 4) is 0 Å². The minimum atomic E-state index is 0.408. The van der Waals surface area contributed by atoms with Crippen LogP contribution in [0, 0.1) is 11.8 Å². The highest BCUT2D eigenvalue weighted by Gasteiger charge is 2.38. The largest absolute Gasteiger partial charge is 0.373 e. The van der Waals surface area contributed by atoms with Crippen molar-refractivity contribution in [3.63, 3.8) is 0 Å². The molecule has 2 fully saturated rings. The van der Waals surface area contributed by atoms with Crippen LogP contribution in [0.3, 0.4) is 0 Å². The van der Waals surface area contributed by atoms with Gasteiger partial charge in [-0.25, -0.2) is 0 Å². The molecule has 2 nitrogen and oxygen atoms in total. The predicted molar refractivity (Wildman–Crippen MR) is 47.0 cm³/mol. The molecule has 1 heterocycles. The van der Waals surface area contributed by atoms with Crippen molar-refractivity contribution in [2.45, 2.75) is 38.9 Å². The Labute approximate surface area is 74.2 Å². The van der Waals surface area contributed by atoms with Crippen molar-refractivity contribution in [1.82, 2.24) is 0 Å². The Morgan fingerprint density at radius 2 is 1.50 bits per heavy atom. The summed E-state index contributed by atoms with van der Waals surface area (Å²) in [6.07, 6.45) is 3.24. The molecule has 2 unspecified atom stereocenters. The van der Waals surface area contributed by atoms with Gasteiger partial charge >= 0.3 is 0 Å². The van der Waals surface area contributed by atoms with E-state index < -0.39 is 0 Å². The van der Waals surface area contributed by atoms with E-state index in [0.29, 0.717) is 12.2 Å². The summed E-state index contributed by atoms with van der Waals surface area (Å²) in [5, 5.41) is 0. The van der Waals surface area contributed by atoms with Crippen LogP contribution in [0.4, 0.5) is 0 Å². The molecule has 70 valence electrons. The molecule has 2 heteroatoms. The molecule has 0 spiro atoms. The molecule has 1 aliphatic heterocycles. The lowest BCUT2D eigenvalue weighted by Gasteiger charge is -2.25. The van der Waals surface area contributed by atoms with Gasteiger partial charge in [-0.2, -0.15) is 0 Å². The number of hydrogen-bond acceptors (Lipinski definition) is 2. The van der Waals surface area contributed by atoms with Gasteiger partial charge in [-0.3, -0.25) is 0 Å². The molecule has 1 saturated heterocycles. The van der Waals surface area contributed by atoms with Crippen molar-refractivity contribution < 1.29 is 9.47 Å². The molecule has 1 saturated carbocycles. The smallest absolute Gasteiger partial charge is 0.0840 e. The fourth-order valence-corrected chi connectivity index (χ4v) is 2.29. The molecular formula is C10H18O2. The normalized spacial score (nSPS) is 41.8. The third-order valence-corrected chi connectivity index (χ3v) is 3.17. The second kappa shape index (κ2) is 3.35. The summed E-state index contributed by atoms with van der Waals surface area (Å²) in [6, 6.07) is 0. The van der Waals surface area contributed by atoms with Crippen LogP contribution in [-0.2, 0) is 9.47 Å². The van der Waals surface area contributed by atoms with Crippen LogP contribution in [0.25, 0.3) is 0 Å². The van der Waals surface area contributed by atoms with Crippen LogP contribution < -0.4 is 0 Å². The molecule has 1 aliphatic carbocycles. The van der Waals surface area contributed by atoms with Gasteiger partial charge in [0.25, 0.3) is 0 Å².